The van der Waals surface area contributed by atoms with Gasteiger partial charge in [0, 0.05) is 56.9 Å². The topological polar surface area (TPSA) is 65.8 Å². The molecule has 1 N–H and O–H groups in total. The second-order valence-corrected chi connectivity index (χ2v) is 6.84. The van der Waals surface area contributed by atoms with Crippen molar-refractivity contribution in [2.45, 2.75) is 33.4 Å². The molecule has 5 rings (SSSR count). The summed E-state index contributed by atoms with van der Waals surface area (Å²) >= 11 is 0. The minimum atomic E-state index is -1.16. The Bertz CT molecular complexity index is 866. The van der Waals surface area contributed by atoms with Gasteiger partial charge >= 0.3 is 5.97 Å². The van der Waals surface area contributed by atoms with Crippen LogP contribution in [0.4, 0.5) is 0 Å². The lowest BCUT2D eigenvalue weighted by atomic mass is 10.1. The maximum atomic E-state index is 12.5. The molecule has 0 aliphatic carbocycles. The van der Waals surface area contributed by atoms with E-state index in [9.17, 15) is 14.7 Å². The van der Waals surface area contributed by atoms with E-state index in [1.54, 1.807) is 6.07 Å². The van der Waals surface area contributed by atoms with Crippen LogP contribution in [-0.4, -0.2) is 64.2 Å². The van der Waals surface area contributed by atoms with Gasteiger partial charge < -0.3 is 9.67 Å². The van der Waals surface area contributed by atoms with Crippen LogP contribution in [0, 0.1) is 6.92 Å². The van der Waals surface area contributed by atoms with Crippen molar-refractivity contribution < 1.29 is 9.90 Å². The molecule has 140 valence electrons. The summed E-state index contributed by atoms with van der Waals surface area (Å²) < 4.78 is 1.95. The van der Waals surface area contributed by atoms with E-state index in [2.05, 4.69) is 9.80 Å². The van der Waals surface area contributed by atoms with Crippen LogP contribution in [0.5, 0.6) is 0 Å². The molecule has 0 radical (unpaired) electrons. The van der Waals surface area contributed by atoms with Gasteiger partial charge in [0.15, 0.2) is 0 Å². The summed E-state index contributed by atoms with van der Waals surface area (Å²) in [5.74, 6) is -1.16. The maximum Gasteiger partial charge on any atom is 0.341 e. The van der Waals surface area contributed by atoms with Crippen molar-refractivity contribution >= 4 is 16.9 Å². The number of hydrogen-bond acceptors (Lipinski definition) is 4. The van der Waals surface area contributed by atoms with Gasteiger partial charge in [-0.25, -0.2) is 4.79 Å². The van der Waals surface area contributed by atoms with Crippen molar-refractivity contribution in [3.05, 3.63) is 45.7 Å². The van der Waals surface area contributed by atoms with Crippen LogP contribution in [0.1, 0.15) is 29.8 Å². The van der Waals surface area contributed by atoms with Gasteiger partial charge in [0.25, 0.3) is 0 Å². The van der Waals surface area contributed by atoms with Crippen LogP contribution in [0.15, 0.2) is 29.2 Å². The minimum Gasteiger partial charge on any atom is -0.477 e. The summed E-state index contributed by atoms with van der Waals surface area (Å²) in [6, 6.07) is 6.04. The van der Waals surface area contributed by atoms with Crippen molar-refractivity contribution in [2.24, 2.45) is 0 Å². The zero-order valence-electron chi connectivity index (χ0n) is 15.7. The average molecular weight is 357 g/mol. The van der Waals surface area contributed by atoms with E-state index >= 15 is 0 Å². The number of hydrogen-bond donors (Lipinski definition) is 1. The van der Waals surface area contributed by atoms with E-state index in [0.717, 1.165) is 43.8 Å². The fourth-order valence-electron chi connectivity index (χ4n) is 3.94. The number of nitrogens with zero attached hydrogens (tertiary/aromatic N) is 3. The zero-order chi connectivity index (χ0) is 18.8. The highest BCUT2D eigenvalue weighted by Gasteiger charge is 2.32. The second-order valence-electron chi connectivity index (χ2n) is 6.84. The van der Waals surface area contributed by atoms with Gasteiger partial charge in [-0.2, -0.15) is 0 Å². The molecule has 3 fully saturated rings. The molecule has 6 nitrogen and oxygen atoms in total. The predicted molar refractivity (Wildman–Crippen MR) is 103 cm³/mol. The Morgan fingerprint density at radius 3 is 2.46 bits per heavy atom. The first-order valence-corrected chi connectivity index (χ1v) is 9.36. The molecule has 3 aliphatic rings. The van der Waals surface area contributed by atoms with E-state index < -0.39 is 11.4 Å². The molecular weight excluding hydrogens is 330 g/mol. The van der Waals surface area contributed by atoms with Gasteiger partial charge in [-0.3, -0.25) is 14.6 Å². The van der Waals surface area contributed by atoms with Crippen LogP contribution in [0.25, 0.3) is 10.9 Å². The van der Waals surface area contributed by atoms with E-state index in [-0.39, 0.29) is 5.56 Å². The first-order chi connectivity index (χ1) is 12.5. The number of rotatable bonds is 3. The molecule has 4 heterocycles. The normalized spacial score (nSPS) is 24.2. The van der Waals surface area contributed by atoms with Gasteiger partial charge in [-0.15, -0.1) is 0 Å². The third-order valence-corrected chi connectivity index (χ3v) is 5.27. The van der Waals surface area contributed by atoms with Gasteiger partial charge in [0.1, 0.15) is 5.56 Å². The molecule has 3 saturated heterocycles. The number of carboxylic acids is 1. The molecule has 1 aromatic carbocycles. The van der Waals surface area contributed by atoms with Crippen LogP contribution in [0.2, 0.25) is 0 Å². The lowest BCUT2D eigenvalue weighted by Gasteiger charge is -2.47. The van der Waals surface area contributed by atoms with Crippen LogP contribution in [-0.2, 0) is 6.54 Å². The molecule has 2 bridgehead atoms. The number of pyridine rings is 1. The van der Waals surface area contributed by atoms with Crippen molar-refractivity contribution in [1.29, 1.82) is 0 Å². The Kier molecular flexibility index (Phi) is 5.44. The molecule has 1 unspecified atom stereocenters. The highest BCUT2D eigenvalue weighted by atomic mass is 16.4. The monoisotopic (exact) mass is 357 g/mol. The average Bonchev–Trinajstić information content (AvgIpc) is 2.66. The molecule has 6 heteroatoms. The first-order valence-electron chi connectivity index (χ1n) is 9.36. The van der Waals surface area contributed by atoms with Gasteiger partial charge in [-0.1, -0.05) is 25.5 Å². The molecule has 0 amide bonds. The van der Waals surface area contributed by atoms with E-state index in [1.807, 2.05) is 37.5 Å². The smallest absolute Gasteiger partial charge is 0.341 e. The number of benzene rings is 1. The number of aromatic nitrogens is 1. The lowest BCUT2D eigenvalue weighted by Crippen LogP contribution is -2.61. The fraction of sp³-hybridized carbons (Fsp3) is 0.500. The Morgan fingerprint density at radius 1 is 1.19 bits per heavy atom. The molecule has 1 atom stereocenters. The highest BCUT2D eigenvalue weighted by Crippen LogP contribution is 2.20. The number of piperazine rings is 3. The van der Waals surface area contributed by atoms with E-state index in [4.69, 9.17) is 0 Å². The molecular formula is C20H27N3O3. The van der Waals surface area contributed by atoms with Crippen molar-refractivity contribution in [3.63, 3.8) is 0 Å². The number of fused-ring (bicyclic) bond motifs is 4. The Morgan fingerprint density at radius 2 is 1.88 bits per heavy atom. The Balaban J connectivity index is 0.000000948. The number of aromatic carboxylic acids is 1. The summed E-state index contributed by atoms with van der Waals surface area (Å²) in [6.07, 6.45) is 1.51. The predicted octanol–water partition coefficient (Wildman–Crippen LogP) is 2.03. The van der Waals surface area contributed by atoms with Crippen LogP contribution < -0.4 is 5.43 Å². The number of carbonyl (C=O) groups is 1. The largest absolute Gasteiger partial charge is 0.477 e. The summed E-state index contributed by atoms with van der Waals surface area (Å²) in [5.41, 5.74) is 1.23. The van der Waals surface area contributed by atoms with E-state index in [0.29, 0.717) is 18.0 Å². The lowest BCUT2D eigenvalue weighted by molar-refractivity contribution is 0.00665. The minimum absolute atomic E-state index is 0.149. The quantitative estimate of drug-likeness (QED) is 0.911. The SMILES string of the molecule is CC.Cc1ccc2c(c1)c(=O)c(C(=O)O)cn2CC1CN2CCN1CC2. The first kappa shape index (κ1) is 18.6. The van der Waals surface area contributed by atoms with Gasteiger partial charge in [-0.05, 0) is 19.1 Å². The summed E-state index contributed by atoms with van der Waals surface area (Å²) in [7, 11) is 0. The van der Waals surface area contributed by atoms with Crippen LogP contribution >= 0.6 is 0 Å². The third-order valence-electron chi connectivity index (χ3n) is 5.27. The molecule has 0 saturated carbocycles. The van der Waals surface area contributed by atoms with Crippen molar-refractivity contribution in [2.75, 3.05) is 32.7 Å². The maximum absolute atomic E-state index is 12.5. The molecule has 3 aliphatic heterocycles. The molecule has 26 heavy (non-hydrogen) atoms. The zero-order valence-corrected chi connectivity index (χ0v) is 15.7. The van der Waals surface area contributed by atoms with Crippen LogP contribution in [0.3, 0.4) is 0 Å². The number of aryl methyl sites for hydroxylation is 1. The van der Waals surface area contributed by atoms with Gasteiger partial charge in [0.05, 0.1) is 5.52 Å². The fourth-order valence-corrected chi connectivity index (χ4v) is 3.94. The Labute approximate surface area is 153 Å². The van der Waals surface area contributed by atoms with Crippen molar-refractivity contribution in [1.82, 2.24) is 14.4 Å². The summed E-state index contributed by atoms with van der Waals surface area (Å²) in [6.45, 7) is 12.0. The van der Waals surface area contributed by atoms with Crippen molar-refractivity contribution in [3.8, 4) is 0 Å². The standard InChI is InChI=1S/C18H21N3O3.C2H6/c1-12-2-3-16-14(8-12)17(22)15(18(23)24)11-21(16)10-13-9-19-4-6-20(13)7-5-19;1-2/h2-3,8,11,13H,4-7,9-10H2,1H3,(H,23,24);1-2H3. The Hall–Kier alpha value is -2.18. The summed E-state index contributed by atoms with van der Waals surface area (Å²) in [5, 5.41) is 9.89. The molecule has 1 aromatic heterocycles. The second kappa shape index (κ2) is 7.60. The molecule has 2 aromatic rings. The van der Waals surface area contributed by atoms with Gasteiger partial charge in [0.2, 0.25) is 5.43 Å². The summed E-state index contributed by atoms with van der Waals surface area (Å²) in [4.78, 5) is 28.9. The third kappa shape index (κ3) is 3.39. The number of carboxylic acid groups (broad SMARTS) is 1. The highest BCUT2D eigenvalue weighted by molar-refractivity contribution is 5.92. The molecule has 0 spiro atoms. The van der Waals surface area contributed by atoms with E-state index in [1.165, 1.54) is 6.20 Å².